The summed E-state index contributed by atoms with van der Waals surface area (Å²) in [6, 6.07) is 14.1. The van der Waals surface area contributed by atoms with E-state index in [9.17, 15) is 9.59 Å². The minimum Gasteiger partial charge on any atom is -0.494 e. The molecule has 2 aromatic carbocycles. The van der Waals surface area contributed by atoms with Crippen LogP contribution >= 0.6 is 0 Å². The van der Waals surface area contributed by atoms with E-state index >= 15 is 0 Å². The van der Waals surface area contributed by atoms with Gasteiger partial charge in [-0.2, -0.15) is 0 Å². The number of amides is 1. The van der Waals surface area contributed by atoms with E-state index in [-0.39, 0.29) is 12.4 Å². The fourth-order valence-corrected chi connectivity index (χ4v) is 2.39. The zero-order chi connectivity index (χ0) is 20.5. The highest BCUT2D eigenvalue weighted by Crippen LogP contribution is 2.25. The summed E-state index contributed by atoms with van der Waals surface area (Å²) in [5.41, 5.74) is 0.543. The largest absolute Gasteiger partial charge is 0.494 e. The molecule has 0 radical (unpaired) electrons. The number of rotatable bonds is 8. The Morgan fingerprint density at radius 3 is 2.24 bits per heavy atom. The van der Waals surface area contributed by atoms with Gasteiger partial charge in [-0.3, -0.25) is 4.79 Å². The Kier molecular flexibility index (Phi) is 6.94. The molecule has 0 atom stereocenters. The topological polar surface area (TPSA) is 92.3 Å². The van der Waals surface area contributed by atoms with Gasteiger partial charge in [0, 0.05) is 5.69 Å². The Labute approximate surface area is 168 Å². The maximum atomic E-state index is 11.9. The van der Waals surface area contributed by atoms with Gasteiger partial charge in [-0.05, 0) is 55.5 Å². The summed E-state index contributed by atoms with van der Waals surface area (Å²) < 4.78 is 26.1. The van der Waals surface area contributed by atoms with Crippen molar-refractivity contribution in [3.8, 4) is 17.2 Å². The number of hydrogen-bond donors (Lipinski definition) is 1. The second kappa shape index (κ2) is 10.0. The fraction of sp³-hybridized carbons (Fsp3) is 0.238. The average molecular weight is 399 g/mol. The second-order valence-corrected chi connectivity index (χ2v) is 5.86. The van der Waals surface area contributed by atoms with E-state index in [0.29, 0.717) is 30.4 Å². The molecular formula is C21H21NO7. The molecule has 1 amide bonds. The van der Waals surface area contributed by atoms with Crippen LogP contribution in [0.2, 0.25) is 0 Å². The lowest BCUT2D eigenvalue weighted by Gasteiger charge is -2.14. The van der Waals surface area contributed by atoms with Crippen molar-refractivity contribution in [1.82, 2.24) is 0 Å². The first kappa shape index (κ1) is 20.1. The van der Waals surface area contributed by atoms with Crippen LogP contribution in [0.1, 0.15) is 6.92 Å². The molecule has 1 aliphatic heterocycles. The maximum absolute atomic E-state index is 11.9. The maximum Gasteiger partial charge on any atom is 0.377 e. The van der Waals surface area contributed by atoms with Crippen LogP contribution in [0.25, 0.3) is 0 Å². The number of nitrogens with one attached hydrogen (secondary N) is 1. The molecule has 152 valence electrons. The van der Waals surface area contributed by atoms with Crippen LogP contribution in [0.4, 0.5) is 5.69 Å². The normalized spacial score (nSPS) is 12.7. The molecule has 0 aliphatic carbocycles. The SMILES string of the molecule is CCOc1ccc(Oc2ccc(NC(=O)COC(=O)C3=COCCO3)cc2)cc1. The van der Waals surface area contributed by atoms with Gasteiger partial charge in [-0.15, -0.1) is 0 Å². The number of esters is 1. The van der Waals surface area contributed by atoms with Crippen molar-refractivity contribution >= 4 is 17.6 Å². The third-order valence-electron chi connectivity index (χ3n) is 3.69. The third kappa shape index (κ3) is 6.17. The first-order valence-electron chi connectivity index (χ1n) is 9.06. The smallest absolute Gasteiger partial charge is 0.377 e. The van der Waals surface area contributed by atoms with Crippen molar-refractivity contribution in [3.63, 3.8) is 0 Å². The van der Waals surface area contributed by atoms with E-state index in [1.165, 1.54) is 6.26 Å². The van der Waals surface area contributed by atoms with Gasteiger partial charge in [0.15, 0.2) is 6.61 Å². The number of anilines is 1. The first-order valence-corrected chi connectivity index (χ1v) is 9.06. The monoisotopic (exact) mass is 399 g/mol. The van der Waals surface area contributed by atoms with E-state index in [0.717, 1.165) is 5.75 Å². The molecule has 0 spiro atoms. The molecule has 1 heterocycles. The summed E-state index contributed by atoms with van der Waals surface area (Å²) in [5, 5.41) is 2.63. The van der Waals surface area contributed by atoms with Crippen LogP contribution in [0.3, 0.4) is 0 Å². The van der Waals surface area contributed by atoms with Gasteiger partial charge in [0.05, 0.1) is 6.61 Å². The molecule has 0 unspecified atom stereocenters. The van der Waals surface area contributed by atoms with Gasteiger partial charge < -0.3 is 29.0 Å². The van der Waals surface area contributed by atoms with E-state index in [1.54, 1.807) is 24.3 Å². The summed E-state index contributed by atoms with van der Waals surface area (Å²) in [6.45, 7) is 2.72. The van der Waals surface area contributed by atoms with E-state index < -0.39 is 18.5 Å². The summed E-state index contributed by atoms with van der Waals surface area (Å²) >= 11 is 0. The Morgan fingerprint density at radius 2 is 1.62 bits per heavy atom. The highest BCUT2D eigenvalue weighted by Gasteiger charge is 2.18. The van der Waals surface area contributed by atoms with Crippen molar-refractivity contribution in [1.29, 1.82) is 0 Å². The highest BCUT2D eigenvalue weighted by atomic mass is 16.6. The number of ether oxygens (including phenoxy) is 5. The molecule has 3 rings (SSSR count). The zero-order valence-electron chi connectivity index (χ0n) is 15.9. The molecule has 0 fully saturated rings. The van der Waals surface area contributed by atoms with Crippen LogP contribution in [-0.4, -0.2) is 38.3 Å². The predicted molar refractivity (Wildman–Crippen MR) is 104 cm³/mol. The lowest BCUT2D eigenvalue weighted by atomic mass is 10.3. The second-order valence-electron chi connectivity index (χ2n) is 5.86. The Bertz CT molecular complexity index is 860. The van der Waals surface area contributed by atoms with Crippen molar-refractivity contribution in [2.24, 2.45) is 0 Å². The van der Waals surface area contributed by atoms with Crippen LogP contribution in [-0.2, 0) is 23.8 Å². The molecule has 29 heavy (non-hydrogen) atoms. The van der Waals surface area contributed by atoms with Gasteiger partial charge in [0.1, 0.15) is 36.7 Å². The van der Waals surface area contributed by atoms with Crippen LogP contribution in [0.5, 0.6) is 17.2 Å². The lowest BCUT2D eigenvalue weighted by molar-refractivity contribution is -0.148. The number of carbonyl (C=O) groups excluding carboxylic acids is 2. The Morgan fingerprint density at radius 1 is 0.966 bits per heavy atom. The summed E-state index contributed by atoms with van der Waals surface area (Å²) in [6.07, 6.45) is 1.17. The summed E-state index contributed by atoms with van der Waals surface area (Å²) in [5.74, 6) is 0.771. The van der Waals surface area contributed by atoms with E-state index in [4.69, 9.17) is 23.7 Å². The average Bonchev–Trinajstić information content (AvgIpc) is 2.75. The molecule has 0 saturated heterocycles. The summed E-state index contributed by atoms with van der Waals surface area (Å²) in [7, 11) is 0. The van der Waals surface area contributed by atoms with E-state index in [2.05, 4.69) is 5.32 Å². The van der Waals surface area contributed by atoms with Crippen molar-refractivity contribution in [2.75, 3.05) is 31.7 Å². The zero-order valence-corrected chi connectivity index (χ0v) is 15.9. The minimum atomic E-state index is -0.751. The van der Waals surface area contributed by atoms with Crippen LogP contribution in [0.15, 0.2) is 60.6 Å². The van der Waals surface area contributed by atoms with Crippen molar-refractivity contribution in [2.45, 2.75) is 6.92 Å². The van der Waals surface area contributed by atoms with E-state index in [1.807, 2.05) is 31.2 Å². The van der Waals surface area contributed by atoms with Crippen LogP contribution < -0.4 is 14.8 Å². The fourth-order valence-electron chi connectivity index (χ4n) is 2.39. The number of hydrogen-bond acceptors (Lipinski definition) is 7. The van der Waals surface area contributed by atoms with Crippen molar-refractivity contribution in [3.05, 3.63) is 60.6 Å². The lowest BCUT2D eigenvalue weighted by Crippen LogP contribution is -2.23. The first-order chi connectivity index (χ1) is 14.1. The van der Waals surface area contributed by atoms with Gasteiger partial charge in [-0.25, -0.2) is 4.79 Å². The van der Waals surface area contributed by atoms with Gasteiger partial charge in [0.25, 0.3) is 5.91 Å². The Hall–Kier alpha value is -3.68. The number of carbonyl (C=O) groups is 2. The third-order valence-corrected chi connectivity index (χ3v) is 3.69. The van der Waals surface area contributed by atoms with Gasteiger partial charge in [-0.1, -0.05) is 0 Å². The highest BCUT2D eigenvalue weighted by molar-refractivity contribution is 5.94. The standard InChI is InChI=1S/C21H21NO7/c1-2-26-16-7-9-18(10-8-16)29-17-5-3-15(4-6-17)22-20(23)14-28-21(24)19-13-25-11-12-27-19/h3-10,13H,2,11-12,14H2,1H3,(H,22,23). The van der Waals surface area contributed by atoms with Crippen LogP contribution in [0, 0.1) is 0 Å². The molecule has 0 bridgehead atoms. The number of benzene rings is 2. The molecule has 0 aromatic heterocycles. The molecule has 2 aromatic rings. The van der Waals surface area contributed by atoms with Crippen molar-refractivity contribution < 1.29 is 33.3 Å². The molecule has 8 nitrogen and oxygen atoms in total. The summed E-state index contributed by atoms with van der Waals surface area (Å²) in [4.78, 5) is 23.7. The minimum absolute atomic E-state index is 0.0557. The van der Waals surface area contributed by atoms with Gasteiger partial charge >= 0.3 is 5.97 Å². The molecule has 0 saturated carbocycles. The van der Waals surface area contributed by atoms with Gasteiger partial charge in [0.2, 0.25) is 5.76 Å². The predicted octanol–water partition coefficient (Wildman–Crippen LogP) is 3.25. The quantitative estimate of drug-likeness (QED) is 0.681. The molecular weight excluding hydrogens is 378 g/mol. The molecule has 8 heteroatoms. The molecule has 1 aliphatic rings. The molecule has 1 N–H and O–H groups in total. The Balaban J connectivity index is 1.46.